The first-order chi connectivity index (χ1) is 11.4. The van der Waals surface area contributed by atoms with E-state index in [0.29, 0.717) is 22.0 Å². The topological polar surface area (TPSA) is 67.4 Å². The molecule has 5 nitrogen and oxygen atoms in total. The molecule has 0 unspecified atom stereocenters. The third kappa shape index (κ3) is 4.40. The van der Waals surface area contributed by atoms with E-state index < -0.39 is 5.97 Å². The number of nitrogens with one attached hydrogen (secondary N) is 2. The lowest BCUT2D eigenvalue weighted by Gasteiger charge is -2.12. The Kier molecular flexibility index (Phi) is 6.06. The highest BCUT2D eigenvalue weighted by Crippen LogP contribution is 2.29. The number of hydrogen-bond acceptors (Lipinski definition) is 4. The molecule has 0 aliphatic rings. The fourth-order valence-corrected chi connectivity index (χ4v) is 2.38. The Hall–Kier alpha value is -2.24. The van der Waals surface area contributed by atoms with E-state index >= 15 is 0 Å². The van der Waals surface area contributed by atoms with Crippen LogP contribution in [0, 0.1) is 6.92 Å². The van der Waals surface area contributed by atoms with Crippen LogP contribution in [0.2, 0.25) is 10.0 Å². The first-order valence-electron chi connectivity index (χ1n) is 7.09. The maximum absolute atomic E-state index is 12.1. The fourth-order valence-electron chi connectivity index (χ4n) is 2.03. The number of carbonyl (C=O) groups excluding carboxylic acids is 2. The minimum absolute atomic E-state index is 0.00824. The fraction of sp³-hybridized carbons (Fsp3) is 0.176. The van der Waals surface area contributed by atoms with E-state index in [0.717, 1.165) is 5.56 Å². The highest BCUT2D eigenvalue weighted by molar-refractivity contribution is 6.44. The summed E-state index contributed by atoms with van der Waals surface area (Å²) in [6, 6.07) is 10.1. The van der Waals surface area contributed by atoms with Crippen molar-refractivity contribution in [3.8, 4) is 0 Å². The smallest absolute Gasteiger partial charge is 0.337 e. The third-order valence-corrected chi connectivity index (χ3v) is 4.14. The Morgan fingerprint density at radius 2 is 1.88 bits per heavy atom. The highest BCUT2D eigenvalue weighted by Gasteiger charge is 2.11. The molecule has 2 rings (SSSR count). The second-order valence-electron chi connectivity index (χ2n) is 5.02. The van der Waals surface area contributed by atoms with Gasteiger partial charge in [0.25, 0.3) is 0 Å². The number of amides is 1. The van der Waals surface area contributed by atoms with Gasteiger partial charge in [-0.2, -0.15) is 0 Å². The van der Waals surface area contributed by atoms with Crippen molar-refractivity contribution in [3.63, 3.8) is 0 Å². The number of esters is 1. The molecule has 0 fully saturated rings. The zero-order chi connectivity index (χ0) is 17.7. The molecule has 126 valence electrons. The van der Waals surface area contributed by atoms with Crippen molar-refractivity contribution >= 4 is 46.5 Å². The maximum Gasteiger partial charge on any atom is 0.337 e. The van der Waals surface area contributed by atoms with E-state index in [9.17, 15) is 9.59 Å². The molecule has 0 saturated carbocycles. The third-order valence-electron chi connectivity index (χ3n) is 3.32. The molecular formula is C17H16Cl2N2O3. The van der Waals surface area contributed by atoms with Crippen molar-refractivity contribution in [1.29, 1.82) is 0 Å². The van der Waals surface area contributed by atoms with Gasteiger partial charge in [-0.25, -0.2) is 4.79 Å². The molecule has 7 heteroatoms. The number of methoxy groups -OCH3 is 1. The Morgan fingerprint density at radius 1 is 1.12 bits per heavy atom. The van der Waals surface area contributed by atoms with E-state index in [4.69, 9.17) is 23.2 Å². The van der Waals surface area contributed by atoms with Crippen LogP contribution in [0.25, 0.3) is 0 Å². The van der Waals surface area contributed by atoms with Crippen molar-refractivity contribution < 1.29 is 14.3 Å². The average Bonchev–Trinajstić information content (AvgIpc) is 2.57. The van der Waals surface area contributed by atoms with Crippen LogP contribution >= 0.6 is 23.2 Å². The quantitative estimate of drug-likeness (QED) is 0.780. The van der Waals surface area contributed by atoms with E-state index in [1.54, 1.807) is 36.4 Å². The summed E-state index contributed by atoms with van der Waals surface area (Å²) in [6.45, 7) is 1.88. The highest BCUT2D eigenvalue weighted by atomic mass is 35.5. The molecule has 1 amide bonds. The molecule has 0 heterocycles. The molecule has 2 N–H and O–H groups in total. The van der Waals surface area contributed by atoms with Gasteiger partial charge in [0.1, 0.15) is 0 Å². The number of halogens is 2. The van der Waals surface area contributed by atoms with Crippen LogP contribution < -0.4 is 10.6 Å². The monoisotopic (exact) mass is 366 g/mol. The average molecular weight is 367 g/mol. The summed E-state index contributed by atoms with van der Waals surface area (Å²) in [5, 5.41) is 6.32. The molecule has 0 radical (unpaired) electrons. The van der Waals surface area contributed by atoms with Crippen molar-refractivity contribution in [2.24, 2.45) is 0 Å². The summed E-state index contributed by atoms with van der Waals surface area (Å²) in [4.78, 5) is 23.6. The molecule has 0 atom stereocenters. The number of carbonyl (C=O) groups is 2. The summed E-state index contributed by atoms with van der Waals surface area (Å²) in [5.74, 6) is -0.727. The van der Waals surface area contributed by atoms with Gasteiger partial charge in [0.15, 0.2) is 0 Å². The van der Waals surface area contributed by atoms with Gasteiger partial charge in [-0.15, -0.1) is 0 Å². The van der Waals surface area contributed by atoms with Crippen molar-refractivity contribution in [1.82, 2.24) is 0 Å². The van der Waals surface area contributed by atoms with Gasteiger partial charge in [-0.1, -0.05) is 35.3 Å². The lowest BCUT2D eigenvalue weighted by molar-refractivity contribution is -0.114. The van der Waals surface area contributed by atoms with Gasteiger partial charge in [0, 0.05) is 5.69 Å². The van der Waals surface area contributed by atoms with Crippen LogP contribution in [0.15, 0.2) is 36.4 Å². The molecular weight excluding hydrogens is 351 g/mol. The largest absolute Gasteiger partial charge is 0.465 e. The van der Waals surface area contributed by atoms with Crippen LogP contribution in [0.3, 0.4) is 0 Å². The number of aryl methyl sites for hydroxylation is 1. The first kappa shape index (κ1) is 18.1. The SMILES string of the molecule is COC(=O)c1ccc(C)c(NCC(=O)Nc2cccc(Cl)c2Cl)c1. The number of hydrogen-bond donors (Lipinski definition) is 2. The standard InChI is InChI=1S/C17H16Cl2N2O3/c1-10-6-7-11(17(23)24-2)8-14(10)20-9-15(22)21-13-5-3-4-12(18)16(13)19/h3-8,20H,9H2,1-2H3,(H,21,22). The van der Waals surface area contributed by atoms with Crippen LogP contribution in [-0.2, 0) is 9.53 Å². The normalized spacial score (nSPS) is 10.2. The van der Waals surface area contributed by atoms with Gasteiger partial charge in [0.05, 0.1) is 35.0 Å². The van der Waals surface area contributed by atoms with Crippen LogP contribution in [0.5, 0.6) is 0 Å². The lowest BCUT2D eigenvalue weighted by Crippen LogP contribution is -2.22. The second kappa shape index (κ2) is 8.04. The Bertz CT molecular complexity index is 778. The Morgan fingerprint density at radius 3 is 2.58 bits per heavy atom. The Balaban J connectivity index is 2.04. The Labute approximate surface area is 149 Å². The van der Waals surface area contributed by atoms with Crippen LogP contribution in [-0.4, -0.2) is 25.5 Å². The van der Waals surface area contributed by atoms with Crippen LogP contribution in [0.1, 0.15) is 15.9 Å². The summed E-state index contributed by atoms with van der Waals surface area (Å²) < 4.78 is 4.69. The van der Waals surface area contributed by atoms with Gasteiger partial charge < -0.3 is 15.4 Å². The minimum Gasteiger partial charge on any atom is -0.465 e. The number of ether oxygens (including phenoxy) is 1. The minimum atomic E-state index is -0.437. The summed E-state index contributed by atoms with van der Waals surface area (Å²) in [5.41, 5.74) is 2.42. The maximum atomic E-state index is 12.1. The first-order valence-corrected chi connectivity index (χ1v) is 7.84. The van der Waals surface area contributed by atoms with Crippen molar-refractivity contribution in [3.05, 3.63) is 57.6 Å². The zero-order valence-electron chi connectivity index (χ0n) is 13.2. The number of benzene rings is 2. The molecule has 0 aliphatic carbocycles. The van der Waals surface area contributed by atoms with E-state index in [1.807, 2.05) is 6.92 Å². The summed E-state index contributed by atoms with van der Waals surface area (Å²) in [6.07, 6.45) is 0. The molecule has 2 aromatic rings. The predicted molar refractivity (Wildman–Crippen MR) is 96.1 cm³/mol. The molecule has 0 aliphatic heterocycles. The van der Waals surface area contributed by atoms with Gasteiger partial charge in [0.2, 0.25) is 5.91 Å². The van der Waals surface area contributed by atoms with Gasteiger partial charge >= 0.3 is 5.97 Å². The molecule has 0 spiro atoms. The van der Waals surface area contributed by atoms with Crippen LogP contribution in [0.4, 0.5) is 11.4 Å². The molecule has 2 aromatic carbocycles. The summed E-state index contributed by atoms with van der Waals surface area (Å²) >= 11 is 11.9. The summed E-state index contributed by atoms with van der Waals surface area (Å²) in [7, 11) is 1.32. The zero-order valence-corrected chi connectivity index (χ0v) is 14.7. The lowest BCUT2D eigenvalue weighted by atomic mass is 10.1. The number of rotatable bonds is 5. The van der Waals surface area contributed by atoms with Crippen molar-refractivity contribution in [2.45, 2.75) is 6.92 Å². The molecule has 24 heavy (non-hydrogen) atoms. The predicted octanol–water partition coefficient (Wildman–Crippen LogP) is 4.14. The molecule has 0 aromatic heterocycles. The van der Waals surface area contributed by atoms with E-state index in [-0.39, 0.29) is 17.5 Å². The molecule has 0 saturated heterocycles. The van der Waals surface area contributed by atoms with Gasteiger partial charge in [-0.05, 0) is 36.8 Å². The number of anilines is 2. The second-order valence-corrected chi connectivity index (χ2v) is 5.81. The van der Waals surface area contributed by atoms with E-state index in [1.165, 1.54) is 7.11 Å². The van der Waals surface area contributed by atoms with Crippen molar-refractivity contribution in [2.75, 3.05) is 24.3 Å². The van der Waals surface area contributed by atoms with Gasteiger partial charge in [-0.3, -0.25) is 4.79 Å². The van der Waals surface area contributed by atoms with E-state index in [2.05, 4.69) is 15.4 Å². The molecule has 0 bridgehead atoms.